The number of likely N-dealkylation sites (tertiary alicyclic amines) is 1. The number of benzene rings is 3. The summed E-state index contributed by atoms with van der Waals surface area (Å²) in [5, 5.41) is 12.5. The van der Waals surface area contributed by atoms with Crippen molar-refractivity contribution in [3.8, 4) is 5.75 Å². The Morgan fingerprint density at radius 1 is 1.11 bits per heavy atom. The van der Waals surface area contributed by atoms with Crippen LogP contribution in [0.1, 0.15) is 28.8 Å². The fourth-order valence-corrected chi connectivity index (χ4v) is 6.53. The molecule has 1 N–H and O–H groups in total. The van der Waals surface area contributed by atoms with Crippen molar-refractivity contribution in [3.63, 3.8) is 0 Å². The van der Waals surface area contributed by atoms with Gasteiger partial charge in [0.15, 0.2) is 0 Å². The lowest BCUT2D eigenvalue weighted by Crippen LogP contribution is -2.54. The Hall–Kier alpha value is -3.64. The Bertz CT molecular complexity index is 1410. The summed E-state index contributed by atoms with van der Waals surface area (Å²) in [6.07, 6.45) is 3.95. The van der Waals surface area contributed by atoms with Crippen LogP contribution in [0.15, 0.2) is 72.8 Å². The Morgan fingerprint density at radius 3 is 2.78 bits per heavy atom. The Kier molecular flexibility index (Phi) is 5.76. The maximum absolute atomic E-state index is 11.5. The number of hydrogen-bond donors (Lipinski definition) is 1. The first-order valence-corrected chi connectivity index (χ1v) is 12.7. The number of fused-ring (bicyclic) bond motifs is 4. The molecule has 184 valence electrons. The quantitative estimate of drug-likeness (QED) is 0.284. The van der Waals surface area contributed by atoms with Gasteiger partial charge in [0.05, 0.1) is 12.0 Å². The molecule has 0 radical (unpaired) electrons. The fraction of sp³-hybridized carbons (Fsp3) is 0.333. The van der Waals surface area contributed by atoms with Gasteiger partial charge in [-0.25, -0.2) is 0 Å². The lowest BCUT2D eigenvalue weighted by atomic mass is 9.58. The van der Waals surface area contributed by atoms with Gasteiger partial charge >= 0.3 is 0 Å². The molecule has 1 aliphatic carbocycles. The van der Waals surface area contributed by atoms with Crippen LogP contribution in [-0.2, 0) is 24.7 Å². The topological polar surface area (TPSA) is 71.4 Å². The molecule has 0 bridgehead atoms. The Balaban J connectivity index is 1.37. The highest BCUT2D eigenvalue weighted by atomic mass is 16.6. The van der Waals surface area contributed by atoms with E-state index in [0.29, 0.717) is 5.92 Å². The number of nitro benzene ring substituents is 1. The molecule has 1 unspecified atom stereocenters. The third-order valence-electron chi connectivity index (χ3n) is 8.47. The Morgan fingerprint density at radius 2 is 1.97 bits per heavy atom. The first kappa shape index (κ1) is 22.8. The molecule has 6 nitrogen and oxygen atoms in total. The summed E-state index contributed by atoms with van der Waals surface area (Å²) in [5.41, 5.74) is 6.34. The molecule has 6 heteroatoms. The molecule has 3 aromatic carbocycles. The number of methoxy groups -OCH3 is 1. The van der Waals surface area contributed by atoms with Crippen LogP contribution < -0.4 is 4.74 Å². The highest BCUT2D eigenvalue weighted by Crippen LogP contribution is 2.49. The molecule has 2 aliphatic rings. The van der Waals surface area contributed by atoms with Gasteiger partial charge in [-0.2, -0.15) is 0 Å². The Labute approximate surface area is 211 Å². The molecule has 0 spiro atoms. The standard InChI is InChI=1S/C30H31N3O3/c1-36-25-9-5-8-22(16-25)30-13-15-32(14-12-21-6-3-2-4-7-21)20-23(30)17-26-27-18-24(33(34)35)10-11-28(27)31-29(26)19-30/h2-11,16,18,23,31H,12-15,17,19-20H2,1H3/t23?,30-/m1/s1. The third kappa shape index (κ3) is 3.95. The summed E-state index contributed by atoms with van der Waals surface area (Å²) in [5.74, 6) is 1.31. The van der Waals surface area contributed by atoms with Crippen molar-refractivity contribution >= 4 is 16.6 Å². The van der Waals surface area contributed by atoms with Gasteiger partial charge in [-0.3, -0.25) is 10.1 Å². The fourth-order valence-electron chi connectivity index (χ4n) is 6.53. The van der Waals surface area contributed by atoms with Crippen molar-refractivity contribution in [2.75, 3.05) is 26.7 Å². The molecule has 1 aliphatic heterocycles. The number of aromatic amines is 1. The summed E-state index contributed by atoms with van der Waals surface area (Å²) < 4.78 is 5.60. The van der Waals surface area contributed by atoms with E-state index in [0.717, 1.165) is 62.0 Å². The molecule has 0 saturated carbocycles. The molecule has 2 atom stereocenters. The van der Waals surface area contributed by atoms with Crippen molar-refractivity contribution in [2.24, 2.45) is 5.92 Å². The van der Waals surface area contributed by atoms with E-state index in [-0.39, 0.29) is 16.0 Å². The van der Waals surface area contributed by atoms with Gasteiger partial charge in [0, 0.05) is 47.2 Å². The number of non-ortho nitro benzene ring substituents is 1. The van der Waals surface area contributed by atoms with Crippen LogP contribution in [-0.4, -0.2) is 41.6 Å². The molecular weight excluding hydrogens is 450 g/mol. The van der Waals surface area contributed by atoms with Crippen molar-refractivity contribution in [1.29, 1.82) is 0 Å². The van der Waals surface area contributed by atoms with Gasteiger partial charge in [0.1, 0.15) is 5.75 Å². The zero-order valence-corrected chi connectivity index (χ0v) is 20.6. The second-order valence-electron chi connectivity index (χ2n) is 10.3. The SMILES string of the molecule is COc1cccc([C@]23CCN(CCc4ccccc4)CC2Cc2c([nH]c4ccc([N+](=O)[O-])cc24)C3)c1. The van der Waals surface area contributed by atoms with Gasteiger partial charge < -0.3 is 14.6 Å². The molecule has 4 aromatic rings. The summed E-state index contributed by atoms with van der Waals surface area (Å²) in [6, 6.07) is 24.5. The highest BCUT2D eigenvalue weighted by Gasteiger charge is 2.48. The zero-order chi connectivity index (χ0) is 24.7. The monoisotopic (exact) mass is 481 g/mol. The predicted molar refractivity (Wildman–Crippen MR) is 142 cm³/mol. The predicted octanol–water partition coefficient (Wildman–Crippen LogP) is 5.69. The minimum absolute atomic E-state index is 0.0115. The lowest BCUT2D eigenvalue weighted by molar-refractivity contribution is -0.384. The van der Waals surface area contributed by atoms with Crippen LogP contribution in [0.4, 0.5) is 5.69 Å². The molecular formula is C30H31N3O3. The first-order valence-electron chi connectivity index (χ1n) is 12.7. The molecule has 6 rings (SSSR count). The number of aromatic nitrogens is 1. The van der Waals surface area contributed by atoms with Crippen LogP contribution in [0.2, 0.25) is 0 Å². The number of piperidine rings is 1. The maximum Gasteiger partial charge on any atom is 0.270 e. The molecule has 1 fully saturated rings. The summed E-state index contributed by atoms with van der Waals surface area (Å²) in [4.78, 5) is 17.4. The average Bonchev–Trinajstić information content (AvgIpc) is 3.27. The second-order valence-corrected chi connectivity index (χ2v) is 10.3. The van der Waals surface area contributed by atoms with E-state index >= 15 is 0 Å². The zero-order valence-electron chi connectivity index (χ0n) is 20.6. The van der Waals surface area contributed by atoms with Gasteiger partial charge in [-0.1, -0.05) is 42.5 Å². The van der Waals surface area contributed by atoms with E-state index in [9.17, 15) is 10.1 Å². The van der Waals surface area contributed by atoms with E-state index in [1.165, 1.54) is 22.4 Å². The van der Waals surface area contributed by atoms with Crippen LogP contribution >= 0.6 is 0 Å². The number of hydrogen-bond acceptors (Lipinski definition) is 4. The molecule has 36 heavy (non-hydrogen) atoms. The van der Waals surface area contributed by atoms with Crippen LogP contribution in [0.3, 0.4) is 0 Å². The summed E-state index contributed by atoms with van der Waals surface area (Å²) in [6.45, 7) is 3.12. The van der Waals surface area contributed by atoms with E-state index < -0.39 is 0 Å². The minimum atomic E-state index is -0.297. The van der Waals surface area contributed by atoms with Gasteiger partial charge in [0.25, 0.3) is 5.69 Å². The number of nitrogens with zero attached hydrogens (tertiary/aromatic N) is 2. The van der Waals surface area contributed by atoms with E-state index in [1.807, 2.05) is 12.1 Å². The van der Waals surface area contributed by atoms with Crippen LogP contribution in [0, 0.1) is 16.0 Å². The number of ether oxygens (including phenoxy) is 1. The third-order valence-corrected chi connectivity index (χ3v) is 8.47. The van der Waals surface area contributed by atoms with Crippen molar-refractivity contribution in [1.82, 2.24) is 9.88 Å². The summed E-state index contributed by atoms with van der Waals surface area (Å²) >= 11 is 0. The van der Waals surface area contributed by atoms with Gasteiger partial charge in [-0.15, -0.1) is 0 Å². The number of H-pyrrole nitrogens is 1. The summed E-state index contributed by atoms with van der Waals surface area (Å²) in [7, 11) is 1.73. The lowest BCUT2D eigenvalue weighted by Gasteiger charge is -2.51. The van der Waals surface area contributed by atoms with Crippen molar-refractivity contribution in [3.05, 3.63) is 105 Å². The van der Waals surface area contributed by atoms with Gasteiger partial charge in [-0.05, 0) is 73.0 Å². The maximum atomic E-state index is 11.5. The largest absolute Gasteiger partial charge is 0.497 e. The van der Waals surface area contributed by atoms with E-state index in [4.69, 9.17) is 4.74 Å². The van der Waals surface area contributed by atoms with E-state index in [2.05, 4.69) is 58.4 Å². The molecule has 2 heterocycles. The highest BCUT2D eigenvalue weighted by molar-refractivity contribution is 5.87. The second kappa shape index (κ2) is 9.10. The molecule has 1 aromatic heterocycles. The van der Waals surface area contributed by atoms with Crippen LogP contribution in [0.25, 0.3) is 10.9 Å². The number of nitrogens with one attached hydrogen (secondary N) is 1. The van der Waals surface area contributed by atoms with Crippen LogP contribution in [0.5, 0.6) is 5.75 Å². The molecule has 1 saturated heterocycles. The average molecular weight is 482 g/mol. The number of nitro groups is 1. The van der Waals surface area contributed by atoms with E-state index in [1.54, 1.807) is 19.2 Å². The van der Waals surface area contributed by atoms with Gasteiger partial charge in [0.2, 0.25) is 0 Å². The smallest absolute Gasteiger partial charge is 0.270 e. The van der Waals surface area contributed by atoms with Crippen molar-refractivity contribution < 1.29 is 9.66 Å². The minimum Gasteiger partial charge on any atom is -0.497 e. The molecule has 0 amide bonds. The normalized spacial score (nSPS) is 21.6. The first-order chi connectivity index (χ1) is 17.6. The van der Waals surface area contributed by atoms with Crippen molar-refractivity contribution in [2.45, 2.75) is 31.1 Å². The number of rotatable bonds is 6.